The minimum Gasteiger partial charge on any atom is -0.383 e. The van der Waals surface area contributed by atoms with E-state index in [0.717, 1.165) is 11.6 Å². The number of hydrogen-bond acceptors (Lipinski definition) is 4. The number of amides is 1. The van der Waals surface area contributed by atoms with Crippen LogP contribution < -0.4 is 0 Å². The molecular formula is C20H22N4O2. The first-order chi connectivity index (χ1) is 12.7. The number of carbonyl (C=O) groups is 1. The Balaban J connectivity index is 1.66. The fourth-order valence-corrected chi connectivity index (χ4v) is 3.67. The highest BCUT2D eigenvalue weighted by atomic mass is 16.5. The summed E-state index contributed by atoms with van der Waals surface area (Å²) in [5.41, 5.74) is 1.19. The number of rotatable bonds is 5. The Hall–Kier alpha value is -2.73. The lowest BCUT2D eigenvalue weighted by Crippen LogP contribution is -2.43. The molecule has 2 aromatic carbocycles. The number of ether oxygens (including phenoxy) is 1. The van der Waals surface area contributed by atoms with Gasteiger partial charge in [0.15, 0.2) is 5.82 Å². The molecular weight excluding hydrogens is 328 g/mol. The maximum absolute atomic E-state index is 12.7. The molecule has 6 heteroatoms. The molecule has 0 aliphatic carbocycles. The smallest absolute Gasteiger partial charge is 0.245 e. The van der Waals surface area contributed by atoms with E-state index < -0.39 is 0 Å². The Labute approximate surface area is 152 Å². The Bertz CT molecular complexity index is 945. The molecule has 3 aromatic rings. The van der Waals surface area contributed by atoms with Crippen LogP contribution in [-0.2, 0) is 22.5 Å². The summed E-state index contributed by atoms with van der Waals surface area (Å²) in [6.45, 7) is 3.50. The molecule has 0 saturated heterocycles. The van der Waals surface area contributed by atoms with Gasteiger partial charge in [-0.2, -0.15) is 0 Å². The van der Waals surface area contributed by atoms with Crippen LogP contribution in [0.4, 0.5) is 0 Å². The molecule has 0 radical (unpaired) electrons. The average molecular weight is 350 g/mol. The lowest BCUT2D eigenvalue weighted by molar-refractivity contribution is -0.137. The van der Waals surface area contributed by atoms with Gasteiger partial charge in [-0.25, -0.2) is 0 Å². The van der Waals surface area contributed by atoms with Gasteiger partial charge in [-0.05, 0) is 23.3 Å². The number of fused-ring (bicyclic) bond motifs is 2. The Morgan fingerprint density at radius 3 is 2.81 bits per heavy atom. The van der Waals surface area contributed by atoms with Crippen molar-refractivity contribution in [1.29, 1.82) is 0 Å². The van der Waals surface area contributed by atoms with Gasteiger partial charge in [0.1, 0.15) is 11.9 Å². The van der Waals surface area contributed by atoms with Gasteiger partial charge in [0, 0.05) is 20.1 Å². The van der Waals surface area contributed by atoms with E-state index in [2.05, 4.69) is 40.5 Å². The number of benzene rings is 2. The third kappa shape index (κ3) is 2.86. The first kappa shape index (κ1) is 16.7. The molecule has 0 bridgehead atoms. The Kier molecular flexibility index (Phi) is 4.42. The van der Waals surface area contributed by atoms with Gasteiger partial charge in [-0.15, -0.1) is 10.2 Å². The molecule has 2 heterocycles. The van der Waals surface area contributed by atoms with Gasteiger partial charge >= 0.3 is 0 Å². The zero-order valence-corrected chi connectivity index (χ0v) is 15.1. The highest BCUT2D eigenvalue weighted by molar-refractivity contribution is 5.86. The Morgan fingerprint density at radius 1 is 1.15 bits per heavy atom. The number of methoxy groups -OCH3 is 1. The van der Waals surface area contributed by atoms with E-state index in [-0.39, 0.29) is 11.9 Å². The van der Waals surface area contributed by atoms with Crippen LogP contribution in [0.2, 0.25) is 0 Å². The maximum atomic E-state index is 12.7. The first-order valence-corrected chi connectivity index (χ1v) is 8.86. The molecule has 26 heavy (non-hydrogen) atoms. The van der Waals surface area contributed by atoms with E-state index in [9.17, 15) is 4.79 Å². The van der Waals surface area contributed by atoms with Crippen molar-refractivity contribution in [2.75, 3.05) is 20.3 Å². The lowest BCUT2D eigenvalue weighted by atomic mass is 10.0. The van der Waals surface area contributed by atoms with Gasteiger partial charge in [0.25, 0.3) is 0 Å². The van der Waals surface area contributed by atoms with Crippen molar-refractivity contribution in [2.45, 2.75) is 25.9 Å². The van der Waals surface area contributed by atoms with E-state index in [1.807, 2.05) is 23.6 Å². The SMILES string of the molecule is COCCN1Cc2nnc(Cc3cccc4ccccc34)n2[C@@H](C)C1=O. The van der Waals surface area contributed by atoms with E-state index in [1.165, 1.54) is 16.3 Å². The minimum atomic E-state index is -0.296. The van der Waals surface area contributed by atoms with Crippen molar-refractivity contribution < 1.29 is 9.53 Å². The quantitative estimate of drug-likeness (QED) is 0.710. The highest BCUT2D eigenvalue weighted by Crippen LogP contribution is 2.26. The monoisotopic (exact) mass is 350 g/mol. The van der Waals surface area contributed by atoms with E-state index in [4.69, 9.17) is 4.74 Å². The standard InChI is InChI=1S/C20H22N4O2/c1-14-20(25)23(10-11-26-2)13-19-22-21-18(24(14)19)12-16-8-5-7-15-6-3-4-9-17(15)16/h3-9,14H,10-13H2,1-2H3/t14-/m0/s1. The third-order valence-corrected chi connectivity index (χ3v) is 5.02. The molecule has 0 fully saturated rings. The predicted molar refractivity (Wildman–Crippen MR) is 98.8 cm³/mol. The summed E-state index contributed by atoms with van der Waals surface area (Å²) in [5.74, 6) is 1.76. The van der Waals surface area contributed by atoms with Gasteiger partial charge < -0.3 is 14.2 Å². The van der Waals surface area contributed by atoms with Gasteiger partial charge in [0.05, 0.1) is 13.2 Å². The van der Waals surface area contributed by atoms with Crippen LogP contribution in [0.25, 0.3) is 10.8 Å². The number of nitrogens with zero attached hydrogens (tertiary/aromatic N) is 4. The number of carbonyl (C=O) groups excluding carboxylic acids is 1. The maximum Gasteiger partial charge on any atom is 0.245 e. The van der Waals surface area contributed by atoms with Gasteiger partial charge in [-0.3, -0.25) is 4.79 Å². The van der Waals surface area contributed by atoms with Crippen LogP contribution in [0.3, 0.4) is 0 Å². The zero-order valence-electron chi connectivity index (χ0n) is 15.1. The van der Waals surface area contributed by atoms with Crippen molar-refractivity contribution in [3.8, 4) is 0 Å². The summed E-state index contributed by atoms with van der Waals surface area (Å²) < 4.78 is 7.10. The molecule has 1 aliphatic heterocycles. The van der Waals surface area contributed by atoms with Crippen LogP contribution in [0.5, 0.6) is 0 Å². The fraction of sp³-hybridized carbons (Fsp3) is 0.350. The largest absolute Gasteiger partial charge is 0.383 e. The molecule has 6 nitrogen and oxygen atoms in total. The summed E-state index contributed by atoms with van der Waals surface area (Å²) in [7, 11) is 1.64. The summed E-state index contributed by atoms with van der Waals surface area (Å²) in [6.07, 6.45) is 0.657. The molecule has 0 saturated carbocycles. The molecule has 1 amide bonds. The summed E-state index contributed by atoms with van der Waals surface area (Å²) >= 11 is 0. The van der Waals surface area contributed by atoms with Gasteiger partial charge in [0.2, 0.25) is 5.91 Å². The molecule has 1 aromatic heterocycles. The average Bonchev–Trinajstić information content (AvgIpc) is 3.06. The summed E-state index contributed by atoms with van der Waals surface area (Å²) in [6, 6.07) is 14.3. The molecule has 134 valence electrons. The normalized spacial score (nSPS) is 16.9. The first-order valence-electron chi connectivity index (χ1n) is 8.86. The second-order valence-electron chi connectivity index (χ2n) is 6.65. The third-order valence-electron chi connectivity index (χ3n) is 5.02. The van der Waals surface area contributed by atoms with Crippen LogP contribution in [0, 0.1) is 0 Å². The number of hydrogen-bond donors (Lipinski definition) is 0. The molecule has 4 rings (SSSR count). The van der Waals surface area contributed by atoms with Crippen LogP contribution >= 0.6 is 0 Å². The van der Waals surface area contributed by atoms with E-state index in [1.54, 1.807) is 12.0 Å². The highest BCUT2D eigenvalue weighted by Gasteiger charge is 2.32. The predicted octanol–water partition coefficient (Wildman–Crippen LogP) is 2.57. The molecule has 0 spiro atoms. The van der Waals surface area contributed by atoms with Crippen molar-refractivity contribution in [3.63, 3.8) is 0 Å². The summed E-state index contributed by atoms with van der Waals surface area (Å²) in [5, 5.41) is 11.2. The topological polar surface area (TPSA) is 60.2 Å². The second-order valence-corrected chi connectivity index (χ2v) is 6.65. The van der Waals surface area contributed by atoms with Crippen molar-refractivity contribution in [1.82, 2.24) is 19.7 Å². The zero-order chi connectivity index (χ0) is 18.1. The van der Waals surface area contributed by atoms with Crippen LogP contribution in [-0.4, -0.2) is 45.8 Å². The summed E-state index contributed by atoms with van der Waals surface area (Å²) in [4.78, 5) is 14.5. The fourth-order valence-electron chi connectivity index (χ4n) is 3.67. The molecule has 0 N–H and O–H groups in total. The molecule has 0 unspecified atom stereocenters. The van der Waals surface area contributed by atoms with Crippen LogP contribution in [0.1, 0.15) is 30.2 Å². The van der Waals surface area contributed by atoms with Crippen molar-refractivity contribution in [3.05, 3.63) is 59.7 Å². The molecule has 1 aliphatic rings. The minimum absolute atomic E-state index is 0.0912. The Morgan fingerprint density at radius 2 is 1.96 bits per heavy atom. The second kappa shape index (κ2) is 6.88. The van der Waals surface area contributed by atoms with E-state index >= 15 is 0 Å². The van der Waals surface area contributed by atoms with Crippen LogP contribution in [0.15, 0.2) is 42.5 Å². The number of aromatic nitrogens is 3. The van der Waals surface area contributed by atoms with Gasteiger partial charge in [-0.1, -0.05) is 42.5 Å². The van der Waals surface area contributed by atoms with E-state index in [0.29, 0.717) is 26.1 Å². The molecule has 1 atom stereocenters. The van der Waals surface area contributed by atoms with Crippen molar-refractivity contribution in [2.24, 2.45) is 0 Å². The van der Waals surface area contributed by atoms with Crippen molar-refractivity contribution >= 4 is 16.7 Å². The lowest BCUT2D eigenvalue weighted by Gasteiger charge is -2.32.